The molecule has 0 radical (unpaired) electrons. The maximum Gasteiger partial charge on any atom is 0.0589 e. The van der Waals surface area contributed by atoms with Crippen molar-refractivity contribution in [2.45, 2.75) is 38.9 Å². The highest BCUT2D eigenvalue weighted by Crippen LogP contribution is 2.30. The van der Waals surface area contributed by atoms with Crippen LogP contribution in [0.25, 0.3) is 0 Å². The maximum atomic E-state index is 5.69. The van der Waals surface area contributed by atoms with Crippen molar-refractivity contribution in [2.75, 3.05) is 20.3 Å². The molecule has 0 saturated heterocycles. The molecule has 0 aliphatic heterocycles. The summed E-state index contributed by atoms with van der Waals surface area (Å²) in [7, 11) is 1.77. The van der Waals surface area contributed by atoms with E-state index in [0.29, 0.717) is 6.54 Å². The molecule has 0 aromatic carbocycles. The number of nitrogens with zero attached hydrogens (tertiary/aromatic N) is 1. The van der Waals surface area contributed by atoms with Gasteiger partial charge < -0.3 is 10.5 Å². The van der Waals surface area contributed by atoms with Crippen LogP contribution in [0.5, 0.6) is 0 Å². The standard InChI is InChI=1S/C13H22N2OS/c1-10-11(7-13(8-14)17-10)9-15(5-6-16-2)12-3-4-12/h7,12H,3-6,8-9,14H2,1-2H3. The topological polar surface area (TPSA) is 38.5 Å². The minimum atomic E-state index is 0.660. The average molecular weight is 254 g/mol. The molecule has 1 aliphatic rings. The number of nitrogens with two attached hydrogens (primary N) is 1. The summed E-state index contributed by atoms with van der Waals surface area (Å²) in [5, 5.41) is 0. The van der Waals surface area contributed by atoms with E-state index in [-0.39, 0.29) is 0 Å². The molecule has 0 spiro atoms. The van der Waals surface area contributed by atoms with Gasteiger partial charge in [-0.2, -0.15) is 0 Å². The summed E-state index contributed by atoms with van der Waals surface area (Å²) >= 11 is 1.83. The van der Waals surface area contributed by atoms with Gasteiger partial charge in [0, 0.05) is 42.5 Å². The van der Waals surface area contributed by atoms with Crippen molar-refractivity contribution >= 4 is 11.3 Å². The number of rotatable bonds is 7. The van der Waals surface area contributed by atoms with E-state index in [1.807, 2.05) is 11.3 Å². The number of methoxy groups -OCH3 is 1. The van der Waals surface area contributed by atoms with Gasteiger partial charge in [0.25, 0.3) is 0 Å². The van der Waals surface area contributed by atoms with Gasteiger partial charge in [0.2, 0.25) is 0 Å². The van der Waals surface area contributed by atoms with Crippen LogP contribution in [0, 0.1) is 6.92 Å². The second-order valence-electron chi connectivity index (χ2n) is 4.69. The monoisotopic (exact) mass is 254 g/mol. The zero-order chi connectivity index (χ0) is 12.3. The van der Waals surface area contributed by atoms with Crippen LogP contribution in [-0.4, -0.2) is 31.2 Å². The zero-order valence-electron chi connectivity index (χ0n) is 10.7. The first-order valence-electron chi connectivity index (χ1n) is 6.26. The van der Waals surface area contributed by atoms with Gasteiger partial charge in [0.05, 0.1) is 6.61 Å². The molecule has 1 aromatic rings. The second-order valence-corrected chi connectivity index (χ2v) is 6.03. The van der Waals surface area contributed by atoms with Crippen LogP contribution in [-0.2, 0) is 17.8 Å². The van der Waals surface area contributed by atoms with Crippen LogP contribution in [0.3, 0.4) is 0 Å². The van der Waals surface area contributed by atoms with Gasteiger partial charge in [0.1, 0.15) is 0 Å². The molecule has 0 amide bonds. The van der Waals surface area contributed by atoms with Gasteiger partial charge in [-0.15, -0.1) is 11.3 Å². The summed E-state index contributed by atoms with van der Waals surface area (Å²) in [6, 6.07) is 3.05. The number of hydrogen-bond acceptors (Lipinski definition) is 4. The Morgan fingerprint density at radius 3 is 2.82 bits per heavy atom. The van der Waals surface area contributed by atoms with E-state index in [2.05, 4.69) is 17.9 Å². The average Bonchev–Trinajstić information content (AvgIpc) is 3.10. The van der Waals surface area contributed by atoms with E-state index in [9.17, 15) is 0 Å². The maximum absolute atomic E-state index is 5.69. The third kappa shape index (κ3) is 3.52. The van der Waals surface area contributed by atoms with Crippen molar-refractivity contribution < 1.29 is 4.74 Å². The van der Waals surface area contributed by atoms with Crippen LogP contribution >= 0.6 is 11.3 Å². The highest BCUT2D eigenvalue weighted by molar-refractivity contribution is 7.12. The molecule has 17 heavy (non-hydrogen) atoms. The molecular formula is C13H22N2OS. The van der Waals surface area contributed by atoms with Crippen molar-refractivity contribution in [1.29, 1.82) is 0 Å². The van der Waals surface area contributed by atoms with E-state index < -0.39 is 0 Å². The Balaban J connectivity index is 1.98. The molecule has 3 nitrogen and oxygen atoms in total. The van der Waals surface area contributed by atoms with Crippen LogP contribution < -0.4 is 5.73 Å². The summed E-state index contributed by atoms with van der Waals surface area (Å²) in [6.45, 7) is 5.77. The lowest BCUT2D eigenvalue weighted by Gasteiger charge is -2.21. The van der Waals surface area contributed by atoms with Crippen molar-refractivity contribution in [3.05, 3.63) is 21.4 Å². The molecule has 2 rings (SSSR count). The molecule has 1 heterocycles. The number of ether oxygens (including phenoxy) is 1. The summed E-state index contributed by atoms with van der Waals surface area (Å²) in [5.41, 5.74) is 7.14. The first-order chi connectivity index (χ1) is 8.24. The van der Waals surface area contributed by atoms with Gasteiger partial charge in [-0.05, 0) is 31.4 Å². The molecule has 1 fully saturated rings. The van der Waals surface area contributed by atoms with Crippen molar-refractivity contribution in [1.82, 2.24) is 4.90 Å². The Morgan fingerprint density at radius 1 is 1.53 bits per heavy atom. The fraction of sp³-hybridized carbons (Fsp3) is 0.692. The molecule has 0 bridgehead atoms. The van der Waals surface area contributed by atoms with Gasteiger partial charge in [-0.1, -0.05) is 0 Å². The fourth-order valence-electron chi connectivity index (χ4n) is 2.10. The lowest BCUT2D eigenvalue weighted by molar-refractivity contribution is 0.139. The van der Waals surface area contributed by atoms with Crippen LogP contribution in [0.4, 0.5) is 0 Å². The number of thiophene rings is 1. The van der Waals surface area contributed by atoms with Gasteiger partial charge >= 0.3 is 0 Å². The molecule has 1 aliphatic carbocycles. The molecule has 1 saturated carbocycles. The third-order valence-electron chi connectivity index (χ3n) is 3.29. The SMILES string of the molecule is COCCN(Cc1cc(CN)sc1C)C1CC1. The molecule has 96 valence electrons. The van der Waals surface area contributed by atoms with Crippen molar-refractivity contribution in [2.24, 2.45) is 5.73 Å². The van der Waals surface area contributed by atoms with Crippen LogP contribution in [0.1, 0.15) is 28.2 Å². The predicted octanol–water partition coefficient (Wildman–Crippen LogP) is 2.13. The molecule has 4 heteroatoms. The zero-order valence-corrected chi connectivity index (χ0v) is 11.6. The molecule has 1 aromatic heterocycles. The van der Waals surface area contributed by atoms with E-state index in [1.54, 1.807) is 7.11 Å². The Kier molecular flexibility index (Phi) is 4.56. The highest BCUT2D eigenvalue weighted by Gasteiger charge is 2.29. The predicted molar refractivity (Wildman–Crippen MR) is 72.3 cm³/mol. The summed E-state index contributed by atoms with van der Waals surface area (Å²) < 4.78 is 5.19. The van der Waals surface area contributed by atoms with E-state index in [1.165, 1.54) is 28.2 Å². The summed E-state index contributed by atoms with van der Waals surface area (Å²) in [6.07, 6.45) is 2.69. The number of aryl methyl sites for hydroxylation is 1. The fourth-order valence-corrected chi connectivity index (χ4v) is 3.04. The summed E-state index contributed by atoms with van der Waals surface area (Å²) in [4.78, 5) is 5.24. The lowest BCUT2D eigenvalue weighted by atomic mass is 10.2. The second kappa shape index (κ2) is 5.96. The van der Waals surface area contributed by atoms with E-state index in [4.69, 9.17) is 10.5 Å². The third-order valence-corrected chi connectivity index (χ3v) is 4.41. The van der Waals surface area contributed by atoms with Crippen LogP contribution in [0.2, 0.25) is 0 Å². The summed E-state index contributed by atoms with van der Waals surface area (Å²) in [5.74, 6) is 0. The quantitative estimate of drug-likeness (QED) is 0.810. The lowest BCUT2D eigenvalue weighted by Crippen LogP contribution is -2.29. The largest absolute Gasteiger partial charge is 0.383 e. The highest BCUT2D eigenvalue weighted by atomic mass is 32.1. The Morgan fingerprint density at radius 2 is 2.29 bits per heavy atom. The minimum absolute atomic E-state index is 0.660. The molecule has 0 unspecified atom stereocenters. The number of hydrogen-bond donors (Lipinski definition) is 1. The van der Waals surface area contributed by atoms with Crippen molar-refractivity contribution in [3.63, 3.8) is 0 Å². The van der Waals surface area contributed by atoms with Crippen LogP contribution in [0.15, 0.2) is 6.07 Å². The van der Waals surface area contributed by atoms with Gasteiger partial charge in [-0.3, -0.25) is 4.90 Å². The molecule has 2 N–H and O–H groups in total. The molecule has 0 atom stereocenters. The first kappa shape index (κ1) is 13.0. The van der Waals surface area contributed by atoms with Crippen molar-refractivity contribution in [3.8, 4) is 0 Å². The van der Waals surface area contributed by atoms with Gasteiger partial charge in [0.15, 0.2) is 0 Å². The minimum Gasteiger partial charge on any atom is -0.383 e. The first-order valence-corrected chi connectivity index (χ1v) is 7.07. The smallest absolute Gasteiger partial charge is 0.0589 e. The van der Waals surface area contributed by atoms with E-state index >= 15 is 0 Å². The normalized spacial score (nSPS) is 15.8. The van der Waals surface area contributed by atoms with Gasteiger partial charge in [-0.25, -0.2) is 0 Å². The Bertz CT molecular complexity index is 360. The Hall–Kier alpha value is -0.420. The van der Waals surface area contributed by atoms with E-state index in [0.717, 1.165) is 25.7 Å². The Labute approximate surface area is 108 Å². The molecular weight excluding hydrogens is 232 g/mol.